The normalized spacial score (nSPS) is 16.9. The number of amides is 2. The van der Waals surface area contributed by atoms with Crippen LogP contribution in [-0.2, 0) is 28.9 Å². The summed E-state index contributed by atoms with van der Waals surface area (Å²) in [5, 5.41) is 29.1. The van der Waals surface area contributed by atoms with Crippen molar-refractivity contribution in [3.05, 3.63) is 75.2 Å². The van der Waals surface area contributed by atoms with Crippen molar-refractivity contribution in [2.24, 2.45) is 0 Å². The van der Waals surface area contributed by atoms with Gasteiger partial charge in [-0.3, -0.25) is 9.59 Å². The first kappa shape index (κ1) is 27.9. The summed E-state index contributed by atoms with van der Waals surface area (Å²) < 4.78 is 0. The fraction of sp³-hybridized carbons (Fsp3) is 0.379. The van der Waals surface area contributed by atoms with Crippen molar-refractivity contribution < 1.29 is 9.59 Å². The van der Waals surface area contributed by atoms with Gasteiger partial charge in [-0.05, 0) is 54.5 Å². The lowest BCUT2D eigenvalue weighted by Crippen LogP contribution is -2.14. The van der Waals surface area contributed by atoms with Crippen molar-refractivity contribution >= 4 is 50.4 Å². The van der Waals surface area contributed by atoms with Gasteiger partial charge in [-0.1, -0.05) is 72.4 Å². The van der Waals surface area contributed by atoms with Crippen LogP contribution in [0, 0.1) is 0 Å². The summed E-state index contributed by atoms with van der Waals surface area (Å²) in [6.07, 6.45) is 5.52. The van der Waals surface area contributed by atoms with Gasteiger partial charge >= 0.3 is 0 Å². The molecule has 9 nitrogen and oxygen atoms in total. The average molecular weight is 576 g/mol. The van der Waals surface area contributed by atoms with Gasteiger partial charge in [0, 0.05) is 24.6 Å². The van der Waals surface area contributed by atoms with Gasteiger partial charge in [0.1, 0.15) is 10.0 Å². The lowest BCUT2D eigenvalue weighted by Gasteiger charge is -2.25. The molecule has 1 aliphatic carbocycles. The van der Waals surface area contributed by atoms with Crippen LogP contribution in [0.3, 0.4) is 0 Å². The summed E-state index contributed by atoms with van der Waals surface area (Å²) in [7, 11) is 1.86. The summed E-state index contributed by atoms with van der Waals surface area (Å²) >= 11 is 2.90. The van der Waals surface area contributed by atoms with E-state index in [1.165, 1.54) is 28.2 Å². The first-order valence-electron chi connectivity index (χ1n) is 13.6. The number of nitrogens with zero attached hydrogens (tertiary/aromatic N) is 4. The van der Waals surface area contributed by atoms with E-state index in [1.807, 2.05) is 43.4 Å². The van der Waals surface area contributed by atoms with Gasteiger partial charge in [0.2, 0.25) is 22.1 Å². The van der Waals surface area contributed by atoms with Gasteiger partial charge < -0.3 is 16.0 Å². The molecule has 0 unspecified atom stereocenters. The molecule has 4 aromatic rings. The number of aromatic nitrogens is 4. The Balaban J connectivity index is 1.14. The molecule has 11 heteroatoms. The van der Waals surface area contributed by atoms with Crippen LogP contribution in [0.15, 0.2) is 48.5 Å². The van der Waals surface area contributed by atoms with E-state index in [-0.39, 0.29) is 30.1 Å². The summed E-state index contributed by atoms with van der Waals surface area (Å²) in [5.41, 5.74) is 4.11. The summed E-state index contributed by atoms with van der Waals surface area (Å²) in [5.74, 6) is 0.307. The number of hydrogen-bond donors (Lipinski definition) is 3. The average Bonchev–Trinajstić information content (AvgIpc) is 3.63. The molecule has 208 valence electrons. The number of carbonyl (C=O) groups excluding carboxylic acids is 2. The van der Waals surface area contributed by atoms with Crippen molar-refractivity contribution in [3.8, 4) is 0 Å². The molecule has 1 aliphatic rings. The van der Waals surface area contributed by atoms with Crippen LogP contribution < -0.4 is 16.0 Å². The second-order valence-corrected chi connectivity index (χ2v) is 12.0. The number of hydrogen-bond acceptors (Lipinski definition) is 9. The molecule has 0 aliphatic heterocycles. The van der Waals surface area contributed by atoms with Crippen LogP contribution in [0.4, 0.5) is 16.0 Å². The Morgan fingerprint density at radius 1 is 0.800 bits per heavy atom. The summed E-state index contributed by atoms with van der Waals surface area (Å²) in [4.78, 5) is 25.2. The predicted octanol–water partition coefficient (Wildman–Crippen LogP) is 5.80. The molecule has 2 atom stereocenters. The molecular formula is C29H33N7O2S2. The minimum atomic E-state index is -0.112. The summed E-state index contributed by atoms with van der Waals surface area (Å²) in [6.45, 7) is 2.10. The molecule has 2 aromatic carbocycles. The van der Waals surface area contributed by atoms with Crippen LogP contribution in [0.1, 0.15) is 71.1 Å². The van der Waals surface area contributed by atoms with Gasteiger partial charge in [-0.15, -0.1) is 20.4 Å². The summed E-state index contributed by atoms with van der Waals surface area (Å²) in [6, 6.07) is 15.9. The highest BCUT2D eigenvalue weighted by atomic mass is 32.1. The SMILES string of the molecule is CCc1cccc(CC(=O)Nc2nnc([C@H]3CCC[C@H](c4nnc(NC(=O)Cc5cccc(NC)c5)s4)C3)s2)c1. The van der Waals surface area contributed by atoms with Gasteiger partial charge in [0.25, 0.3) is 0 Å². The Hall–Kier alpha value is -3.70. The Morgan fingerprint density at radius 3 is 1.93 bits per heavy atom. The van der Waals surface area contributed by atoms with Gasteiger partial charge in [0.05, 0.1) is 12.8 Å². The maximum absolute atomic E-state index is 12.6. The van der Waals surface area contributed by atoms with Gasteiger partial charge in [-0.2, -0.15) is 0 Å². The number of aryl methyl sites for hydroxylation is 1. The van der Waals surface area contributed by atoms with Crippen molar-refractivity contribution in [3.63, 3.8) is 0 Å². The van der Waals surface area contributed by atoms with Crippen LogP contribution in [0.25, 0.3) is 0 Å². The van der Waals surface area contributed by atoms with Crippen molar-refractivity contribution in [2.45, 2.75) is 63.7 Å². The molecule has 0 bridgehead atoms. The molecule has 2 aromatic heterocycles. The smallest absolute Gasteiger partial charge is 0.230 e. The highest BCUT2D eigenvalue weighted by Gasteiger charge is 2.29. The topological polar surface area (TPSA) is 122 Å². The van der Waals surface area contributed by atoms with Crippen LogP contribution >= 0.6 is 22.7 Å². The molecule has 0 radical (unpaired) electrons. The maximum atomic E-state index is 12.6. The molecule has 3 N–H and O–H groups in total. The van der Waals surface area contributed by atoms with E-state index in [1.54, 1.807) is 0 Å². The molecule has 2 heterocycles. The first-order chi connectivity index (χ1) is 19.5. The largest absolute Gasteiger partial charge is 0.388 e. The molecule has 0 saturated heterocycles. The van der Waals surface area contributed by atoms with E-state index in [2.05, 4.69) is 55.4 Å². The first-order valence-corrected chi connectivity index (χ1v) is 15.2. The monoisotopic (exact) mass is 575 g/mol. The van der Waals surface area contributed by atoms with Crippen molar-refractivity contribution in [2.75, 3.05) is 23.0 Å². The number of anilines is 3. The fourth-order valence-electron chi connectivity index (χ4n) is 5.03. The quantitative estimate of drug-likeness (QED) is 0.219. The number of carbonyl (C=O) groups is 2. The van der Waals surface area contributed by atoms with E-state index < -0.39 is 0 Å². The predicted molar refractivity (Wildman–Crippen MR) is 160 cm³/mol. The third-order valence-corrected chi connectivity index (χ3v) is 9.09. The zero-order valence-electron chi connectivity index (χ0n) is 22.6. The zero-order chi connectivity index (χ0) is 27.9. The van der Waals surface area contributed by atoms with Crippen LogP contribution in [-0.4, -0.2) is 39.3 Å². The molecule has 2 amide bonds. The second kappa shape index (κ2) is 13.1. The van der Waals surface area contributed by atoms with E-state index >= 15 is 0 Å². The highest BCUT2D eigenvalue weighted by molar-refractivity contribution is 7.15. The molecule has 40 heavy (non-hydrogen) atoms. The third kappa shape index (κ3) is 7.28. The minimum Gasteiger partial charge on any atom is -0.388 e. The standard InChI is InChI=1S/C29H33N7O2S2/c1-3-18-7-4-8-19(13-18)15-24(37)31-28-35-33-26(39-28)21-10-6-11-22(17-21)27-34-36-29(40-27)32-25(38)16-20-9-5-12-23(14-20)30-2/h4-5,7-9,12-14,21-22,30H,3,6,10-11,15-17H2,1-2H3,(H,31,35,37)(H,32,36,38)/t21-,22-/m0/s1. The Morgan fingerprint density at radius 2 is 1.35 bits per heavy atom. The molecule has 1 fully saturated rings. The highest BCUT2D eigenvalue weighted by Crippen LogP contribution is 2.43. The van der Waals surface area contributed by atoms with Gasteiger partial charge in [-0.25, -0.2) is 0 Å². The van der Waals surface area contributed by atoms with Crippen LogP contribution in [0.2, 0.25) is 0 Å². The number of benzene rings is 2. The molecule has 5 rings (SSSR count). The number of rotatable bonds is 10. The maximum Gasteiger partial charge on any atom is 0.230 e. The third-order valence-electron chi connectivity index (χ3n) is 7.09. The minimum absolute atomic E-state index is 0.0874. The Labute approximate surface area is 241 Å². The molecule has 0 spiro atoms. The Kier molecular flexibility index (Phi) is 9.12. The number of nitrogens with one attached hydrogen (secondary N) is 3. The molecule has 1 saturated carbocycles. The molecular weight excluding hydrogens is 543 g/mol. The van der Waals surface area contributed by atoms with E-state index in [4.69, 9.17) is 0 Å². The lowest BCUT2D eigenvalue weighted by molar-refractivity contribution is -0.116. The van der Waals surface area contributed by atoms with Crippen LogP contribution in [0.5, 0.6) is 0 Å². The lowest BCUT2D eigenvalue weighted by atomic mass is 9.82. The zero-order valence-corrected chi connectivity index (χ0v) is 24.3. The fourth-order valence-corrected chi connectivity index (χ4v) is 6.85. The van der Waals surface area contributed by atoms with E-state index in [0.717, 1.165) is 58.9 Å². The second-order valence-electron chi connectivity index (χ2n) is 10.0. The van der Waals surface area contributed by atoms with Crippen molar-refractivity contribution in [1.82, 2.24) is 20.4 Å². The van der Waals surface area contributed by atoms with E-state index in [9.17, 15) is 9.59 Å². The van der Waals surface area contributed by atoms with Crippen molar-refractivity contribution in [1.29, 1.82) is 0 Å². The Bertz CT molecular complexity index is 1360. The van der Waals surface area contributed by atoms with Gasteiger partial charge in [0.15, 0.2) is 0 Å². The van der Waals surface area contributed by atoms with E-state index in [0.29, 0.717) is 16.7 Å².